The number of amides is 2. The highest BCUT2D eigenvalue weighted by Crippen LogP contribution is 2.08. The van der Waals surface area contributed by atoms with Crippen LogP contribution in [0.2, 0.25) is 0 Å². The monoisotopic (exact) mass is 346 g/mol. The fourth-order valence-electron chi connectivity index (χ4n) is 3.12. The number of carbonyl (C=O) groups is 1. The molecule has 0 aliphatic carbocycles. The molecule has 1 atom stereocenters. The lowest BCUT2D eigenvalue weighted by Gasteiger charge is -2.34. The van der Waals surface area contributed by atoms with E-state index in [2.05, 4.69) is 20.5 Å². The third-order valence-corrected chi connectivity index (χ3v) is 4.46. The van der Waals surface area contributed by atoms with Crippen LogP contribution in [0.3, 0.4) is 0 Å². The van der Waals surface area contributed by atoms with E-state index >= 15 is 0 Å². The summed E-state index contributed by atoms with van der Waals surface area (Å²) >= 11 is 0. The van der Waals surface area contributed by atoms with Gasteiger partial charge >= 0.3 is 6.03 Å². The minimum Gasteiger partial charge on any atom is -0.364 e. The van der Waals surface area contributed by atoms with Crippen LogP contribution in [0.5, 0.6) is 0 Å². The van der Waals surface area contributed by atoms with Gasteiger partial charge < -0.3 is 14.7 Å². The summed E-state index contributed by atoms with van der Waals surface area (Å²) in [7, 11) is 0. The molecule has 0 aromatic carbocycles. The Hall–Kier alpha value is -2.35. The quantitative estimate of drug-likeness (QED) is 0.885. The van der Waals surface area contributed by atoms with Crippen molar-refractivity contribution in [3.63, 3.8) is 0 Å². The summed E-state index contributed by atoms with van der Waals surface area (Å²) in [5.41, 5.74) is 3.04. The second-order valence-electron chi connectivity index (χ2n) is 6.71. The zero-order valence-electron chi connectivity index (χ0n) is 15.1. The van der Waals surface area contributed by atoms with Crippen LogP contribution < -0.4 is 5.32 Å². The maximum atomic E-state index is 12.5. The molecule has 3 rings (SSSR count). The Morgan fingerprint density at radius 2 is 2.08 bits per heavy atom. The first-order valence-electron chi connectivity index (χ1n) is 8.69. The molecule has 2 amide bonds. The number of hydrogen-bond donors (Lipinski definition) is 1. The maximum absolute atomic E-state index is 12.5. The van der Waals surface area contributed by atoms with Gasteiger partial charge in [0, 0.05) is 50.5 Å². The van der Waals surface area contributed by atoms with Crippen molar-refractivity contribution >= 4 is 6.03 Å². The van der Waals surface area contributed by atoms with E-state index < -0.39 is 0 Å². The Balaban J connectivity index is 1.43. The number of hydrogen-bond acceptors (Lipinski definition) is 5. The summed E-state index contributed by atoms with van der Waals surface area (Å²) in [6, 6.07) is 3.94. The molecule has 2 aromatic rings. The average Bonchev–Trinajstić information content (AvgIpc) is 3.18. The van der Waals surface area contributed by atoms with Gasteiger partial charge in [-0.15, -0.1) is 0 Å². The van der Waals surface area contributed by atoms with Crippen molar-refractivity contribution in [3.8, 4) is 0 Å². The van der Waals surface area contributed by atoms with Gasteiger partial charge in [0.15, 0.2) is 0 Å². The first kappa shape index (κ1) is 17.5. The highest BCUT2D eigenvalue weighted by molar-refractivity contribution is 5.74. The molecule has 0 unspecified atom stereocenters. The summed E-state index contributed by atoms with van der Waals surface area (Å²) in [6.45, 7) is 10.6. The highest BCUT2D eigenvalue weighted by Gasteiger charge is 2.22. The van der Waals surface area contributed by atoms with Gasteiger partial charge in [0.2, 0.25) is 0 Å². The summed E-state index contributed by atoms with van der Waals surface area (Å²) in [4.78, 5) is 16.6. The molecule has 25 heavy (non-hydrogen) atoms. The van der Waals surface area contributed by atoms with Crippen molar-refractivity contribution in [2.75, 3.05) is 26.2 Å². The second-order valence-corrected chi connectivity index (χ2v) is 6.71. The maximum Gasteiger partial charge on any atom is 0.317 e. The molecule has 3 heterocycles. The summed E-state index contributed by atoms with van der Waals surface area (Å²) in [6.07, 6.45) is 1.59. The lowest BCUT2D eigenvalue weighted by molar-refractivity contribution is 0.131. The number of urea groups is 1. The molecular weight excluding hydrogens is 320 g/mol. The van der Waals surface area contributed by atoms with Crippen LogP contribution in [-0.4, -0.2) is 63.0 Å². The fraction of sp³-hybridized carbons (Fsp3) is 0.588. The molecule has 8 heteroatoms. The molecule has 8 nitrogen and oxygen atoms in total. The van der Waals surface area contributed by atoms with E-state index in [0.717, 1.165) is 49.8 Å². The van der Waals surface area contributed by atoms with Crippen molar-refractivity contribution in [2.45, 2.75) is 39.9 Å². The Morgan fingerprint density at radius 1 is 1.32 bits per heavy atom. The molecule has 2 aromatic heterocycles. The predicted octanol–water partition coefficient (Wildman–Crippen LogP) is 1.40. The molecule has 0 bridgehead atoms. The van der Waals surface area contributed by atoms with Gasteiger partial charge in [-0.25, -0.2) is 4.79 Å². The first-order chi connectivity index (χ1) is 12.0. The van der Waals surface area contributed by atoms with E-state index in [0.29, 0.717) is 6.54 Å². The Labute approximate surface area is 147 Å². The zero-order valence-corrected chi connectivity index (χ0v) is 15.1. The van der Waals surface area contributed by atoms with Crippen molar-refractivity contribution in [2.24, 2.45) is 0 Å². The highest BCUT2D eigenvalue weighted by atomic mass is 16.5. The Morgan fingerprint density at radius 3 is 2.68 bits per heavy atom. The molecular formula is C17H26N6O2. The van der Waals surface area contributed by atoms with Gasteiger partial charge in [-0.3, -0.25) is 9.58 Å². The number of nitrogens with one attached hydrogen (secondary N) is 1. The topological polar surface area (TPSA) is 79.4 Å². The van der Waals surface area contributed by atoms with Crippen LogP contribution in [0.25, 0.3) is 0 Å². The Kier molecular flexibility index (Phi) is 5.37. The molecule has 1 N–H and O–H groups in total. The molecule has 0 spiro atoms. The molecule has 1 saturated heterocycles. The third-order valence-electron chi connectivity index (χ3n) is 4.46. The molecule has 0 radical (unpaired) electrons. The third kappa shape index (κ3) is 4.60. The number of nitrogens with zero attached hydrogens (tertiary/aromatic N) is 5. The van der Waals surface area contributed by atoms with Crippen molar-refractivity contribution in [3.05, 3.63) is 35.5 Å². The summed E-state index contributed by atoms with van der Waals surface area (Å²) in [5, 5.41) is 11.5. The standard InChI is InChI=1S/C17H26N6O2/c1-13-10-15(3)23(19-13)11-14(2)18-17(24)22-7-5-21(6-8-22)12-16-4-9-25-20-16/h4,9-10,14H,5-8,11-12H2,1-3H3,(H,18,24)/t14-/m1/s1. The zero-order chi connectivity index (χ0) is 17.8. The lowest BCUT2D eigenvalue weighted by Crippen LogP contribution is -2.53. The van der Waals surface area contributed by atoms with Gasteiger partial charge in [-0.2, -0.15) is 5.10 Å². The van der Waals surface area contributed by atoms with E-state index in [1.807, 2.05) is 42.5 Å². The Bertz CT molecular complexity index is 688. The predicted molar refractivity (Wildman–Crippen MR) is 93.0 cm³/mol. The molecule has 136 valence electrons. The van der Waals surface area contributed by atoms with Gasteiger partial charge in [-0.1, -0.05) is 5.16 Å². The number of rotatable bonds is 5. The lowest BCUT2D eigenvalue weighted by atomic mass is 10.3. The van der Waals surface area contributed by atoms with Crippen molar-refractivity contribution in [1.82, 2.24) is 30.1 Å². The van der Waals surface area contributed by atoms with Crippen LogP contribution in [0.1, 0.15) is 24.0 Å². The van der Waals surface area contributed by atoms with Crippen LogP contribution in [-0.2, 0) is 13.1 Å². The number of piperazine rings is 1. The number of aromatic nitrogens is 3. The normalized spacial score (nSPS) is 16.8. The summed E-state index contributed by atoms with van der Waals surface area (Å²) < 4.78 is 6.80. The smallest absolute Gasteiger partial charge is 0.317 e. The average molecular weight is 346 g/mol. The van der Waals surface area contributed by atoms with Gasteiger partial charge in [0.1, 0.15) is 6.26 Å². The van der Waals surface area contributed by atoms with E-state index in [4.69, 9.17) is 4.52 Å². The minimum atomic E-state index is -0.00452. The van der Waals surface area contributed by atoms with Crippen LogP contribution in [0, 0.1) is 13.8 Å². The second kappa shape index (κ2) is 7.69. The van der Waals surface area contributed by atoms with E-state index in [1.165, 1.54) is 0 Å². The van der Waals surface area contributed by atoms with Crippen LogP contribution >= 0.6 is 0 Å². The minimum absolute atomic E-state index is 0.00452. The van der Waals surface area contributed by atoms with Crippen LogP contribution in [0.15, 0.2) is 22.9 Å². The molecule has 1 fully saturated rings. The van der Waals surface area contributed by atoms with Gasteiger partial charge in [0.25, 0.3) is 0 Å². The molecule has 1 aliphatic heterocycles. The van der Waals surface area contributed by atoms with Gasteiger partial charge in [0.05, 0.1) is 17.9 Å². The van der Waals surface area contributed by atoms with E-state index in [9.17, 15) is 4.79 Å². The first-order valence-corrected chi connectivity index (χ1v) is 8.69. The van der Waals surface area contributed by atoms with E-state index in [1.54, 1.807) is 6.26 Å². The van der Waals surface area contributed by atoms with Crippen LogP contribution in [0.4, 0.5) is 4.79 Å². The number of carbonyl (C=O) groups excluding carboxylic acids is 1. The summed E-state index contributed by atoms with van der Waals surface area (Å²) in [5.74, 6) is 0. The number of aryl methyl sites for hydroxylation is 2. The van der Waals surface area contributed by atoms with Crippen molar-refractivity contribution in [1.29, 1.82) is 0 Å². The molecule has 1 aliphatic rings. The fourth-order valence-corrected chi connectivity index (χ4v) is 3.12. The van der Waals surface area contributed by atoms with Crippen molar-refractivity contribution < 1.29 is 9.32 Å². The molecule has 0 saturated carbocycles. The van der Waals surface area contributed by atoms with E-state index in [-0.39, 0.29) is 12.1 Å². The van der Waals surface area contributed by atoms with Gasteiger partial charge in [-0.05, 0) is 26.8 Å². The SMILES string of the molecule is Cc1cc(C)n(C[C@@H](C)NC(=O)N2CCN(Cc3ccon3)CC2)n1. The largest absolute Gasteiger partial charge is 0.364 e.